The zero-order valence-corrected chi connectivity index (χ0v) is 18.2. The van der Waals surface area contributed by atoms with Gasteiger partial charge in [0.2, 0.25) is 11.8 Å². The van der Waals surface area contributed by atoms with E-state index < -0.39 is 9.84 Å². The molecule has 0 spiro atoms. The molecular weight excluding hydrogens is 432 g/mol. The van der Waals surface area contributed by atoms with Gasteiger partial charge < -0.3 is 10.6 Å². The van der Waals surface area contributed by atoms with E-state index in [2.05, 4.69) is 10.6 Å². The molecule has 154 valence electrons. The molecule has 6 nitrogen and oxygen atoms in total. The second kappa shape index (κ2) is 9.19. The van der Waals surface area contributed by atoms with E-state index in [1.807, 2.05) is 13.0 Å². The maximum absolute atomic E-state index is 12.7. The summed E-state index contributed by atoms with van der Waals surface area (Å²) in [6, 6.07) is 11.8. The van der Waals surface area contributed by atoms with Crippen molar-refractivity contribution < 1.29 is 18.0 Å². The van der Waals surface area contributed by atoms with E-state index >= 15 is 0 Å². The number of rotatable bonds is 6. The van der Waals surface area contributed by atoms with Gasteiger partial charge in [0.05, 0.1) is 16.3 Å². The van der Waals surface area contributed by atoms with Crippen molar-refractivity contribution in [3.8, 4) is 0 Å². The Morgan fingerprint density at radius 3 is 2.79 bits per heavy atom. The van der Waals surface area contributed by atoms with Gasteiger partial charge in [0.25, 0.3) is 0 Å². The zero-order valence-electron chi connectivity index (χ0n) is 15.8. The molecule has 1 aliphatic heterocycles. The third-order valence-corrected chi connectivity index (χ3v) is 7.95. The molecule has 2 aromatic rings. The average Bonchev–Trinajstić information content (AvgIpc) is 2.84. The number of nitrogens with one attached hydrogen (secondary N) is 2. The molecule has 9 heteroatoms. The fourth-order valence-corrected chi connectivity index (χ4v) is 5.22. The highest BCUT2D eigenvalue weighted by atomic mass is 35.5. The van der Waals surface area contributed by atoms with E-state index in [9.17, 15) is 18.0 Å². The zero-order chi connectivity index (χ0) is 21.0. The molecule has 0 saturated carbocycles. The number of carbonyl (C=O) groups excluding carboxylic acids is 2. The van der Waals surface area contributed by atoms with Crippen LogP contribution in [-0.2, 0) is 26.0 Å². The standard InChI is InChI=1S/C20H21ClN2O4S2/c1-13-12-28-18-7-6-15(10-17(18)23-20(13)25)29(26,27)9-8-19(24)22-11-14-4-2-3-5-16(14)21/h2-7,10,13H,8-9,11-12H2,1H3,(H,22,24)(H,23,25). The van der Waals surface area contributed by atoms with Crippen molar-refractivity contribution >= 4 is 50.7 Å². The highest BCUT2D eigenvalue weighted by Gasteiger charge is 2.23. The summed E-state index contributed by atoms with van der Waals surface area (Å²) in [7, 11) is -3.67. The molecule has 0 aliphatic carbocycles. The van der Waals surface area contributed by atoms with Crippen LogP contribution in [0.4, 0.5) is 5.69 Å². The summed E-state index contributed by atoms with van der Waals surface area (Å²) in [6.45, 7) is 2.06. The number of sulfone groups is 1. The average molecular weight is 453 g/mol. The molecule has 3 rings (SSSR count). The summed E-state index contributed by atoms with van der Waals surface area (Å²) in [6.07, 6.45) is -0.165. The topological polar surface area (TPSA) is 92.3 Å². The molecule has 0 aromatic heterocycles. The molecule has 29 heavy (non-hydrogen) atoms. The fourth-order valence-electron chi connectivity index (χ4n) is 2.74. The third kappa shape index (κ3) is 5.52. The molecule has 2 aromatic carbocycles. The van der Waals surface area contributed by atoms with Gasteiger partial charge in [-0.15, -0.1) is 11.8 Å². The van der Waals surface area contributed by atoms with E-state index in [4.69, 9.17) is 11.6 Å². The van der Waals surface area contributed by atoms with Crippen molar-refractivity contribution in [3.05, 3.63) is 53.1 Å². The molecule has 2 amide bonds. The molecule has 1 atom stereocenters. The maximum Gasteiger partial charge on any atom is 0.228 e. The van der Waals surface area contributed by atoms with Crippen LogP contribution in [0.25, 0.3) is 0 Å². The molecule has 0 saturated heterocycles. The monoisotopic (exact) mass is 452 g/mol. The molecular formula is C20H21ClN2O4S2. The first-order chi connectivity index (χ1) is 13.8. The molecule has 0 fully saturated rings. The first-order valence-corrected chi connectivity index (χ1v) is 12.1. The van der Waals surface area contributed by atoms with Crippen LogP contribution in [0.15, 0.2) is 52.3 Å². The first-order valence-electron chi connectivity index (χ1n) is 9.07. The van der Waals surface area contributed by atoms with Crippen molar-refractivity contribution in [2.24, 2.45) is 5.92 Å². The number of carbonyl (C=O) groups is 2. The minimum Gasteiger partial charge on any atom is -0.352 e. The molecule has 0 bridgehead atoms. The van der Waals surface area contributed by atoms with Gasteiger partial charge in [-0.05, 0) is 29.8 Å². The van der Waals surface area contributed by atoms with E-state index in [0.717, 1.165) is 10.5 Å². The Balaban J connectivity index is 1.62. The molecule has 1 aliphatic rings. The van der Waals surface area contributed by atoms with Gasteiger partial charge in [-0.1, -0.05) is 36.7 Å². The van der Waals surface area contributed by atoms with E-state index in [-0.39, 0.29) is 41.3 Å². The van der Waals surface area contributed by atoms with E-state index in [1.54, 1.807) is 24.3 Å². The molecule has 2 N–H and O–H groups in total. The number of halogens is 1. The Bertz CT molecular complexity index is 1040. The second-order valence-corrected chi connectivity index (χ2v) is 10.4. The van der Waals surface area contributed by atoms with Gasteiger partial charge in [-0.25, -0.2) is 8.42 Å². The van der Waals surface area contributed by atoms with E-state index in [1.165, 1.54) is 23.9 Å². The lowest BCUT2D eigenvalue weighted by atomic mass is 10.2. The van der Waals surface area contributed by atoms with Crippen LogP contribution in [-0.4, -0.2) is 31.7 Å². The largest absolute Gasteiger partial charge is 0.352 e. The lowest BCUT2D eigenvalue weighted by Gasteiger charge is -2.11. The predicted octanol–water partition coefficient (Wildman–Crippen LogP) is 3.50. The number of thioether (sulfide) groups is 1. The summed E-state index contributed by atoms with van der Waals surface area (Å²) in [5, 5.41) is 6.00. The van der Waals surface area contributed by atoms with Gasteiger partial charge in [0.15, 0.2) is 9.84 Å². The number of anilines is 1. The van der Waals surface area contributed by atoms with Gasteiger partial charge >= 0.3 is 0 Å². The summed E-state index contributed by atoms with van der Waals surface area (Å²) >= 11 is 7.56. The Hall–Kier alpha value is -2.03. The van der Waals surface area contributed by atoms with Crippen LogP contribution in [0.1, 0.15) is 18.9 Å². The van der Waals surface area contributed by atoms with Crippen molar-refractivity contribution in [3.63, 3.8) is 0 Å². The highest BCUT2D eigenvalue weighted by molar-refractivity contribution is 7.99. The fraction of sp³-hybridized carbons (Fsp3) is 0.300. The quantitative estimate of drug-likeness (QED) is 0.699. The second-order valence-electron chi connectivity index (χ2n) is 6.80. The number of hydrogen-bond donors (Lipinski definition) is 2. The SMILES string of the molecule is CC1CSc2ccc(S(=O)(=O)CCC(=O)NCc3ccccc3Cl)cc2NC1=O. The Kier molecular flexibility index (Phi) is 6.87. The Labute approximate surface area is 179 Å². The van der Waals surface area contributed by atoms with Crippen molar-refractivity contribution in [1.82, 2.24) is 5.32 Å². The number of hydrogen-bond acceptors (Lipinski definition) is 5. The Morgan fingerprint density at radius 1 is 1.28 bits per heavy atom. The van der Waals surface area contributed by atoms with Gasteiger partial charge in [0.1, 0.15) is 0 Å². The summed E-state index contributed by atoms with van der Waals surface area (Å²) < 4.78 is 25.3. The highest BCUT2D eigenvalue weighted by Crippen LogP contribution is 2.34. The van der Waals surface area contributed by atoms with Crippen LogP contribution in [0.3, 0.4) is 0 Å². The predicted molar refractivity (Wildman–Crippen MR) is 115 cm³/mol. The first kappa shape index (κ1) is 21.7. The minimum atomic E-state index is -3.67. The van der Waals surface area contributed by atoms with Crippen LogP contribution < -0.4 is 10.6 Å². The Morgan fingerprint density at radius 2 is 2.03 bits per heavy atom. The van der Waals surface area contributed by atoms with Gasteiger partial charge in [-0.3, -0.25) is 9.59 Å². The van der Waals surface area contributed by atoms with Gasteiger partial charge in [0, 0.05) is 34.6 Å². The summed E-state index contributed by atoms with van der Waals surface area (Å²) in [5.41, 5.74) is 1.26. The maximum atomic E-state index is 12.7. The lowest BCUT2D eigenvalue weighted by Crippen LogP contribution is -2.25. The minimum absolute atomic E-state index is 0.0885. The van der Waals surface area contributed by atoms with Crippen LogP contribution in [0.5, 0.6) is 0 Å². The molecule has 1 unspecified atom stereocenters. The van der Waals surface area contributed by atoms with Crippen molar-refractivity contribution in [1.29, 1.82) is 0 Å². The third-order valence-electron chi connectivity index (χ3n) is 4.54. The lowest BCUT2D eigenvalue weighted by molar-refractivity contribution is -0.121. The number of fused-ring (bicyclic) bond motifs is 1. The van der Waals surface area contributed by atoms with Crippen molar-refractivity contribution in [2.75, 3.05) is 16.8 Å². The van der Waals surface area contributed by atoms with Crippen LogP contribution in [0, 0.1) is 5.92 Å². The van der Waals surface area contributed by atoms with Crippen molar-refractivity contribution in [2.45, 2.75) is 29.7 Å². The smallest absolute Gasteiger partial charge is 0.228 e. The van der Waals surface area contributed by atoms with Gasteiger partial charge in [-0.2, -0.15) is 0 Å². The molecule has 1 heterocycles. The van der Waals surface area contributed by atoms with E-state index in [0.29, 0.717) is 16.5 Å². The number of amides is 2. The summed E-state index contributed by atoms with van der Waals surface area (Å²) in [5.74, 6) is -0.353. The van der Waals surface area contributed by atoms with Crippen LogP contribution in [0.2, 0.25) is 5.02 Å². The number of benzene rings is 2. The summed E-state index contributed by atoms with van der Waals surface area (Å²) in [4.78, 5) is 25.0. The molecule has 0 radical (unpaired) electrons. The normalized spacial score (nSPS) is 16.5. The van der Waals surface area contributed by atoms with Crippen LogP contribution >= 0.6 is 23.4 Å².